The second-order valence-electron chi connectivity index (χ2n) is 2.03. The van der Waals surface area contributed by atoms with E-state index >= 15 is 0 Å². The number of hydrogen-bond donors (Lipinski definition) is 2. The minimum atomic E-state index is -0.182. The molecule has 2 N–H and O–H groups in total. The Kier molecular flexibility index (Phi) is 2.60. The Morgan fingerprint density at radius 2 is 1.82 bits per heavy atom. The number of hydrogen-bond acceptors (Lipinski definition) is 2. The zero-order chi connectivity index (χ0) is 8.43. The molecule has 0 amide bonds. The van der Waals surface area contributed by atoms with E-state index in [9.17, 15) is 0 Å². The van der Waals surface area contributed by atoms with Crippen molar-refractivity contribution in [3.8, 4) is 5.75 Å². The standard InChI is InChI=1S/C7H6Cl2O2/c8-6-4(3-10)1-2-5(11)7(6)9/h1-2,10-11H,3H2. The van der Waals surface area contributed by atoms with Crippen LogP contribution in [0.3, 0.4) is 0 Å². The van der Waals surface area contributed by atoms with Crippen molar-refractivity contribution >= 4 is 23.2 Å². The van der Waals surface area contributed by atoms with Crippen molar-refractivity contribution in [3.05, 3.63) is 27.7 Å². The first-order valence-corrected chi connectivity index (χ1v) is 3.69. The third kappa shape index (κ3) is 1.59. The highest BCUT2D eigenvalue weighted by Gasteiger charge is 2.07. The van der Waals surface area contributed by atoms with Gasteiger partial charge in [-0.3, -0.25) is 0 Å². The van der Waals surface area contributed by atoms with E-state index in [1.807, 2.05) is 0 Å². The number of aliphatic hydroxyl groups is 1. The maximum Gasteiger partial charge on any atom is 0.135 e. The van der Waals surface area contributed by atoms with E-state index < -0.39 is 0 Å². The molecule has 0 aliphatic carbocycles. The molecule has 0 aliphatic rings. The minimum Gasteiger partial charge on any atom is -0.506 e. The van der Waals surface area contributed by atoms with E-state index in [0.717, 1.165) is 0 Å². The summed E-state index contributed by atoms with van der Waals surface area (Å²) in [5.74, 6) is -0.0751. The second kappa shape index (κ2) is 3.30. The van der Waals surface area contributed by atoms with Gasteiger partial charge in [0.05, 0.1) is 11.6 Å². The normalized spacial score (nSPS) is 10.1. The largest absolute Gasteiger partial charge is 0.506 e. The van der Waals surface area contributed by atoms with E-state index in [0.29, 0.717) is 5.56 Å². The molecule has 0 saturated heterocycles. The molecule has 4 heteroatoms. The molecule has 1 rings (SSSR count). The van der Waals surface area contributed by atoms with Crippen molar-refractivity contribution in [2.45, 2.75) is 6.61 Å². The molecule has 0 heterocycles. The van der Waals surface area contributed by atoms with Gasteiger partial charge >= 0.3 is 0 Å². The third-order valence-electron chi connectivity index (χ3n) is 1.31. The number of aliphatic hydroxyl groups excluding tert-OH is 1. The fourth-order valence-corrected chi connectivity index (χ4v) is 1.11. The van der Waals surface area contributed by atoms with Crippen LogP contribution in [0.2, 0.25) is 10.0 Å². The van der Waals surface area contributed by atoms with Gasteiger partial charge in [0.1, 0.15) is 10.8 Å². The molecule has 0 bridgehead atoms. The average molecular weight is 193 g/mol. The summed E-state index contributed by atoms with van der Waals surface area (Å²) in [6.07, 6.45) is 0. The first-order chi connectivity index (χ1) is 5.16. The molecule has 0 spiro atoms. The summed E-state index contributed by atoms with van der Waals surface area (Å²) in [7, 11) is 0. The smallest absolute Gasteiger partial charge is 0.135 e. The molecule has 0 radical (unpaired) electrons. The van der Waals surface area contributed by atoms with Crippen LogP contribution >= 0.6 is 23.2 Å². The van der Waals surface area contributed by atoms with Gasteiger partial charge in [-0.25, -0.2) is 0 Å². The Hall–Kier alpha value is -0.440. The van der Waals surface area contributed by atoms with Gasteiger partial charge in [0.15, 0.2) is 0 Å². The Bertz CT molecular complexity index is 273. The van der Waals surface area contributed by atoms with Crippen LogP contribution in [-0.2, 0) is 6.61 Å². The average Bonchev–Trinajstić information content (AvgIpc) is 2.01. The van der Waals surface area contributed by atoms with Crippen molar-refractivity contribution in [2.24, 2.45) is 0 Å². The lowest BCUT2D eigenvalue weighted by Gasteiger charge is -2.03. The van der Waals surface area contributed by atoms with Crippen LogP contribution in [-0.4, -0.2) is 10.2 Å². The van der Waals surface area contributed by atoms with Crippen LogP contribution in [0.15, 0.2) is 12.1 Å². The zero-order valence-corrected chi connectivity index (χ0v) is 7.02. The van der Waals surface area contributed by atoms with E-state index in [2.05, 4.69) is 0 Å². The second-order valence-corrected chi connectivity index (χ2v) is 2.79. The highest BCUT2D eigenvalue weighted by molar-refractivity contribution is 6.43. The predicted molar refractivity (Wildman–Crippen MR) is 44.0 cm³/mol. The minimum absolute atomic E-state index is 0.0751. The summed E-state index contributed by atoms with van der Waals surface area (Å²) in [4.78, 5) is 0. The van der Waals surface area contributed by atoms with Crippen molar-refractivity contribution in [1.29, 1.82) is 0 Å². The Morgan fingerprint density at radius 3 is 2.36 bits per heavy atom. The van der Waals surface area contributed by atoms with Crippen LogP contribution in [0.5, 0.6) is 5.75 Å². The van der Waals surface area contributed by atoms with E-state index in [1.165, 1.54) is 12.1 Å². The van der Waals surface area contributed by atoms with Crippen LogP contribution < -0.4 is 0 Å². The van der Waals surface area contributed by atoms with Crippen LogP contribution in [0.4, 0.5) is 0 Å². The summed E-state index contributed by atoms with van der Waals surface area (Å²) in [5.41, 5.74) is 0.509. The van der Waals surface area contributed by atoms with Gasteiger partial charge in [-0.05, 0) is 11.6 Å². The Labute approximate surface area is 74.0 Å². The van der Waals surface area contributed by atoms with Crippen LogP contribution in [0.25, 0.3) is 0 Å². The van der Waals surface area contributed by atoms with Crippen molar-refractivity contribution in [2.75, 3.05) is 0 Å². The topological polar surface area (TPSA) is 40.5 Å². The molecule has 0 aliphatic heterocycles. The SMILES string of the molecule is OCc1ccc(O)c(Cl)c1Cl. The van der Waals surface area contributed by atoms with Crippen molar-refractivity contribution < 1.29 is 10.2 Å². The molecule has 0 unspecified atom stereocenters. The van der Waals surface area contributed by atoms with Crippen LogP contribution in [0, 0.1) is 0 Å². The van der Waals surface area contributed by atoms with E-state index in [4.69, 9.17) is 33.4 Å². The van der Waals surface area contributed by atoms with Crippen molar-refractivity contribution in [3.63, 3.8) is 0 Å². The number of halogens is 2. The lowest BCUT2D eigenvalue weighted by molar-refractivity contribution is 0.282. The summed E-state index contributed by atoms with van der Waals surface area (Å²) in [5, 5.41) is 18.0. The van der Waals surface area contributed by atoms with Gasteiger partial charge in [0.2, 0.25) is 0 Å². The van der Waals surface area contributed by atoms with Crippen molar-refractivity contribution in [1.82, 2.24) is 0 Å². The van der Waals surface area contributed by atoms with Gasteiger partial charge in [-0.2, -0.15) is 0 Å². The summed E-state index contributed by atoms with van der Waals surface area (Å²) in [6, 6.07) is 2.91. The van der Waals surface area contributed by atoms with Gasteiger partial charge in [0.25, 0.3) is 0 Å². The number of phenolic OH excluding ortho intramolecular Hbond substituents is 1. The molecule has 0 fully saturated rings. The predicted octanol–water partition coefficient (Wildman–Crippen LogP) is 2.19. The van der Waals surface area contributed by atoms with E-state index in [1.54, 1.807) is 0 Å². The number of phenols is 1. The van der Waals surface area contributed by atoms with E-state index in [-0.39, 0.29) is 22.4 Å². The zero-order valence-electron chi connectivity index (χ0n) is 5.51. The Balaban J connectivity index is 3.25. The quantitative estimate of drug-likeness (QED) is 0.717. The highest BCUT2D eigenvalue weighted by atomic mass is 35.5. The summed E-state index contributed by atoms with van der Waals surface area (Å²) in [6.45, 7) is -0.182. The molecular weight excluding hydrogens is 187 g/mol. The Morgan fingerprint density at radius 1 is 1.18 bits per heavy atom. The van der Waals surface area contributed by atoms with Gasteiger partial charge in [-0.1, -0.05) is 29.3 Å². The van der Waals surface area contributed by atoms with Gasteiger partial charge < -0.3 is 10.2 Å². The first-order valence-electron chi connectivity index (χ1n) is 2.93. The molecule has 0 saturated carbocycles. The van der Waals surface area contributed by atoms with Gasteiger partial charge in [0, 0.05) is 0 Å². The fraction of sp³-hybridized carbons (Fsp3) is 0.143. The molecule has 60 valence electrons. The van der Waals surface area contributed by atoms with Gasteiger partial charge in [-0.15, -0.1) is 0 Å². The molecule has 0 atom stereocenters. The first kappa shape index (κ1) is 8.65. The molecule has 0 aromatic heterocycles. The number of aromatic hydroxyl groups is 1. The highest BCUT2D eigenvalue weighted by Crippen LogP contribution is 2.33. The fourth-order valence-electron chi connectivity index (χ4n) is 0.701. The lowest BCUT2D eigenvalue weighted by atomic mass is 10.2. The molecular formula is C7H6Cl2O2. The molecule has 2 nitrogen and oxygen atoms in total. The number of rotatable bonds is 1. The maximum absolute atomic E-state index is 9.02. The molecule has 1 aromatic rings. The third-order valence-corrected chi connectivity index (χ3v) is 2.22. The lowest BCUT2D eigenvalue weighted by Crippen LogP contribution is -1.84. The summed E-state index contributed by atoms with van der Waals surface area (Å²) < 4.78 is 0. The van der Waals surface area contributed by atoms with Crippen LogP contribution in [0.1, 0.15) is 5.56 Å². The summed E-state index contributed by atoms with van der Waals surface area (Å²) >= 11 is 11.2. The molecule has 11 heavy (non-hydrogen) atoms. The monoisotopic (exact) mass is 192 g/mol. The molecule has 1 aromatic carbocycles. The number of benzene rings is 1. The maximum atomic E-state index is 9.02.